The molecule has 1 aliphatic heterocycles. The minimum absolute atomic E-state index is 0.0409. The molecule has 2 aliphatic rings. The van der Waals surface area contributed by atoms with Crippen molar-refractivity contribution in [2.75, 3.05) is 33.4 Å². The Kier molecular flexibility index (Phi) is 7.36. The van der Waals surface area contributed by atoms with Crippen molar-refractivity contribution in [2.45, 2.75) is 51.6 Å². The molecular weight excluding hydrogens is 450 g/mol. The lowest BCUT2D eigenvalue weighted by molar-refractivity contribution is -0.135. The van der Waals surface area contributed by atoms with Crippen LogP contribution in [0.4, 0.5) is 4.79 Å². The van der Waals surface area contributed by atoms with E-state index in [1.165, 1.54) is 4.88 Å². The van der Waals surface area contributed by atoms with E-state index in [1.807, 2.05) is 49.9 Å². The van der Waals surface area contributed by atoms with Gasteiger partial charge in [0, 0.05) is 29.6 Å². The molecule has 7 nitrogen and oxygen atoms in total. The molecule has 4 rings (SSSR count). The van der Waals surface area contributed by atoms with Crippen LogP contribution in [0.25, 0.3) is 0 Å². The monoisotopic (exact) mass is 485 g/mol. The molecule has 1 fully saturated rings. The molecule has 3 amide bonds. The maximum absolute atomic E-state index is 13.6. The molecule has 1 N–H and O–H groups in total. The fourth-order valence-corrected chi connectivity index (χ4v) is 5.15. The summed E-state index contributed by atoms with van der Waals surface area (Å²) in [5, 5.41) is 5.10. The number of carbonyl (C=O) groups is 2. The van der Waals surface area contributed by atoms with Gasteiger partial charge in [-0.1, -0.05) is 6.07 Å². The first-order valence-corrected chi connectivity index (χ1v) is 12.8. The molecule has 184 valence electrons. The average Bonchev–Trinajstić information content (AvgIpc) is 3.48. The van der Waals surface area contributed by atoms with Crippen molar-refractivity contribution in [1.82, 2.24) is 15.1 Å². The lowest BCUT2D eigenvalue weighted by Gasteiger charge is -2.37. The van der Waals surface area contributed by atoms with E-state index in [4.69, 9.17) is 9.47 Å². The van der Waals surface area contributed by atoms with Gasteiger partial charge < -0.3 is 24.6 Å². The third-order valence-electron chi connectivity index (χ3n) is 6.14. The summed E-state index contributed by atoms with van der Waals surface area (Å²) in [6.45, 7) is 7.53. The Hall–Kier alpha value is -2.74. The second-order valence-electron chi connectivity index (χ2n) is 10.1. The topological polar surface area (TPSA) is 71.1 Å². The summed E-state index contributed by atoms with van der Waals surface area (Å²) in [6.07, 6.45) is 3.06. The van der Waals surface area contributed by atoms with E-state index in [0.29, 0.717) is 31.4 Å². The number of urea groups is 1. The number of rotatable bonds is 8. The number of ether oxygens (including phenoxy) is 2. The number of fused-ring (bicyclic) bond motifs is 1. The zero-order valence-electron chi connectivity index (χ0n) is 20.5. The molecule has 1 aromatic carbocycles. The van der Waals surface area contributed by atoms with Crippen molar-refractivity contribution >= 4 is 23.3 Å². The van der Waals surface area contributed by atoms with Crippen LogP contribution in [0.15, 0.2) is 35.7 Å². The highest BCUT2D eigenvalue weighted by Gasteiger charge is 2.35. The van der Waals surface area contributed by atoms with Gasteiger partial charge in [-0.3, -0.25) is 4.79 Å². The summed E-state index contributed by atoms with van der Waals surface area (Å²) in [5.41, 5.74) is 0.784. The standard InChI is InChI=1S/C26H35N3O4S/c1-26(2,3)27-25(31)28(15-18-8-9-18)16-24(30)29-12-10-23-21(11-13-34-23)22(29)17-33-20-7-5-6-19(14-20)32-4/h5-7,11,13-14,18,22H,8-10,12,15-17H2,1-4H3,(H,27,31)/t22-/m0/s1. The first kappa shape index (κ1) is 24.4. The number of hydrogen-bond acceptors (Lipinski definition) is 5. The van der Waals surface area contributed by atoms with E-state index in [9.17, 15) is 9.59 Å². The molecule has 1 aliphatic carbocycles. The number of nitrogens with one attached hydrogen (secondary N) is 1. The first-order valence-electron chi connectivity index (χ1n) is 11.9. The Balaban J connectivity index is 1.49. The van der Waals surface area contributed by atoms with Gasteiger partial charge in [0.2, 0.25) is 5.91 Å². The van der Waals surface area contributed by atoms with Gasteiger partial charge in [0.1, 0.15) is 24.7 Å². The molecule has 1 saturated carbocycles. The summed E-state index contributed by atoms with van der Waals surface area (Å²) in [7, 11) is 1.63. The highest BCUT2D eigenvalue weighted by atomic mass is 32.1. The highest BCUT2D eigenvalue weighted by molar-refractivity contribution is 7.10. The maximum atomic E-state index is 13.6. The SMILES string of the molecule is COc1cccc(OC[C@H]2c3ccsc3CCN2C(=O)CN(CC2CC2)C(=O)NC(C)(C)C)c1. The van der Waals surface area contributed by atoms with E-state index in [0.717, 1.165) is 30.6 Å². The van der Waals surface area contributed by atoms with Crippen LogP contribution in [0.2, 0.25) is 0 Å². The summed E-state index contributed by atoms with van der Waals surface area (Å²) in [4.78, 5) is 31.4. The number of methoxy groups -OCH3 is 1. The van der Waals surface area contributed by atoms with Crippen LogP contribution in [0.3, 0.4) is 0 Å². The summed E-state index contributed by atoms with van der Waals surface area (Å²) >= 11 is 1.72. The Morgan fingerprint density at radius 1 is 1.21 bits per heavy atom. The summed E-state index contributed by atoms with van der Waals surface area (Å²) in [6, 6.07) is 9.22. The van der Waals surface area contributed by atoms with Crippen LogP contribution in [0.1, 0.15) is 50.1 Å². The van der Waals surface area contributed by atoms with Gasteiger partial charge in [0.15, 0.2) is 0 Å². The third kappa shape index (κ3) is 6.23. The Morgan fingerprint density at radius 3 is 2.68 bits per heavy atom. The van der Waals surface area contributed by atoms with Crippen LogP contribution in [-0.2, 0) is 11.2 Å². The van der Waals surface area contributed by atoms with E-state index in [2.05, 4.69) is 16.8 Å². The Labute approximate surface area is 206 Å². The number of benzene rings is 1. The van der Waals surface area contributed by atoms with Crippen molar-refractivity contribution in [2.24, 2.45) is 5.92 Å². The minimum Gasteiger partial charge on any atom is -0.497 e. The van der Waals surface area contributed by atoms with Crippen molar-refractivity contribution in [3.8, 4) is 11.5 Å². The van der Waals surface area contributed by atoms with Crippen molar-refractivity contribution < 1.29 is 19.1 Å². The summed E-state index contributed by atoms with van der Waals surface area (Å²) < 4.78 is 11.4. The highest BCUT2D eigenvalue weighted by Crippen LogP contribution is 2.35. The predicted octanol–water partition coefficient (Wildman–Crippen LogP) is 4.48. The minimum atomic E-state index is -0.355. The molecule has 0 spiro atoms. The number of hydrogen-bond donors (Lipinski definition) is 1. The van der Waals surface area contributed by atoms with Gasteiger partial charge in [-0.2, -0.15) is 0 Å². The van der Waals surface area contributed by atoms with Gasteiger partial charge in [0.05, 0.1) is 13.2 Å². The number of nitrogens with zero attached hydrogens (tertiary/aromatic N) is 2. The molecule has 2 aromatic rings. The molecule has 1 atom stereocenters. The van der Waals surface area contributed by atoms with Crippen LogP contribution in [0.5, 0.6) is 11.5 Å². The fraction of sp³-hybridized carbons (Fsp3) is 0.538. The van der Waals surface area contributed by atoms with Gasteiger partial charge in [-0.05, 0) is 75.1 Å². The second-order valence-corrected chi connectivity index (χ2v) is 11.1. The van der Waals surface area contributed by atoms with E-state index in [-0.39, 0.29) is 30.1 Å². The van der Waals surface area contributed by atoms with Crippen molar-refractivity contribution in [1.29, 1.82) is 0 Å². The van der Waals surface area contributed by atoms with Crippen LogP contribution >= 0.6 is 11.3 Å². The Morgan fingerprint density at radius 2 is 1.97 bits per heavy atom. The number of thiophene rings is 1. The van der Waals surface area contributed by atoms with Gasteiger partial charge >= 0.3 is 6.03 Å². The smallest absolute Gasteiger partial charge is 0.318 e. The lowest BCUT2D eigenvalue weighted by Crippen LogP contribution is -2.53. The lowest BCUT2D eigenvalue weighted by atomic mass is 10.0. The number of carbonyl (C=O) groups excluding carboxylic acids is 2. The summed E-state index contributed by atoms with van der Waals surface area (Å²) in [5.74, 6) is 1.89. The van der Waals surface area contributed by atoms with Gasteiger partial charge in [-0.15, -0.1) is 11.3 Å². The van der Waals surface area contributed by atoms with Crippen molar-refractivity contribution in [3.05, 3.63) is 46.2 Å². The molecule has 2 heterocycles. The van der Waals surface area contributed by atoms with E-state index < -0.39 is 0 Å². The maximum Gasteiger partial charge on any atom is 0.318 e. The van der Waals surface area contributed by atoms with Gasteiger partial charge in [0.25, 0.3) is 0 Å². The van der Waals surface area contributed by atoms with Crippen LogP contribution in [-0.4, -0.2) is 60.6 Å². The molecule has 0 saturated heterocycles. The molecule has 1 aromatic heterocycles. The van der Waals surface area contributed by atoms with Crippen LogP contribution < -0.4 is 14.8 Å². The van der Waals surface area contributed by atoms with Crippen LogP contribution in [0, 0.1) is 5.92 Å². The largest absolute Gasteiger partial charge is 0.497 e. The zero-order valence-corrected chi connectivity index (χ0v) is 21.3. The second kappa shape index (κ2) is 10.3. The molecule has 8 heteroatoms. The third-order valence-corrected chi connectivity index (χ3v) is 7.13. The first-order chi connectivity index (χ1) is 16.2. The predicted molar refractivity (Wildman–Crippen MR) is 134 cm³/mol. The molecule has 0 unspecified atom stereocenters. The quantitative estimate of drug-likeness (QED) is 0.598. The van der Waals surface area contributed by atoms with E-state index in [1.54, 1.807) is 23.3 Å². The fourth-order valence-electron chi connectivity index (χ4n) is 4.23. The molecular formula is C26H35N3O4S. The Bertz CT molecular complexity index is 1010. The molecule has 0 bridgehead atoms. The van der Waals surface area contributed by atoms with E-state index >= 15 is 0 Å². The molecule has 0 radical (unpaired) electrons. The van der Waals surface area contributed by atoms with Gasteiger partial charge in [-0.25, -0.2) is 4.79 Å². The normalized spacial score (nSPS) is 17.6. The average molecular weight is 486 g/mol. The molecule has 34 heavy (non-hydrogen) atoms. The zero-order chi connectivity index (χ0) is 24.3. The van der Waals surface area contributed by atoms with Crippen molar-refractivity contribution in [3.63, 3.8) is 0 Å². The number of amides is 3.